The van der Waals surface area contributed by atoms with Crippen molar-refractivity contribution in [3.05, 3.63) is 35.4 Å². The molecule has 0 spiro atoms. The van der Waals surface area contributed by atoms with Gasteiger partial charge in [0.2, 0.25) is 0 Å². The second-order valence-electron chi connectivity index (χ2n) is 4.50. The van der Waals surface area contributed by atoms with Crippen LogP contribution in [0.1, 0.15) is 32.8 Å². The maximum atomic E-state index is 13.4. The normalized spacial score (nSPS) is 15.4. The van der Waals surface area contributed by atoms with Gasteiger partial charge >= 0.3 is 0 Å². The van der Waals surface area contributed by atoms with Crippen LogP contribution in [-0.4, -0.2) is 5.11 Å². The van der Waals surface area contributed by atoms with Crippen LogP contribution in [0.3, 0.4) is 0 Å². The lowest BCUT2D eigenvalue weighted by molar-refractivity contribution is 0.0313. The van der Waals surface area contributed by atoms with Crippen LogP contribution in [0.4, 0.5) is 8.78 Å². The van der Waals surface area contributed by atoms with Crippen molar-refractivity contribution in [2.75, 3.05) is 0 Å². The summed E-state index contributed by atoms with van der Waals surface area (Å²) < 4.78 is 26.1. The Morgan fingerprint density at radius 2 is 1.93 bits per heavy atom. The van der Waals surface area contributed by atoms with E-state index in [9.17, 15) is 13.9 Å². The van der Waals surface area contributed by atoms with Crippen LogP contribution in [0.2, 0.25) is 0 Å². The second kappa shape index (κ2) is 4.27. The zero-order valence-corrected chi connectivity index (χ0v) is 9.22. The summed E-state index contributed by atoms with van der Waals surface area (Å²) in [6.07, 6.45) is 0.440. The molecule has 0 aromatic heterocycles. The van der Waals surface area contributed by atoms with Crippen LogP contribution < -0.4 is 0 Å². The summed E-state index contributed by atoms with van der Waals surface area (Å²) >= 11 is 0. The fourth-order valence-electron chi connectivity index (χ4n) is 1.83. The minimum Gasteiger partial charge on any atom is -0.385 e. The molecule has 1 unspecified atom stereocenters. The van der Waals surface area contributed by atoms with Crippen LogP contribution >= 0.6 is 0 Å². The Morgan fingerprint density at radius 1 is 1.33 bits per heavy atom. The first-order valence-corrected chi connectivity index (χ1v) is 5.01. The molecule has 84 valence electrons. The number of rotatable bonds is 3. The Balaban J connectivity index is 3.04. The maximum absolute atomic E-state index is 13.4. The molecular formula is C12H16F2O. The van der Waals surface area contributed by atoms with Gasteiger partial charge in [-0.05, 0) is 25.3 Å². The van der Waals surface area contributed by atoms with Crippen LogP contribution in [-0.2, 0) is 5.60 Å². The monoisotopic (exact) mass is 214 g/mol. The summed E-state index contributed by atoms with van der Waals surface area (Å²) in [5.74, 6) is -1.08. The smallest absolute Gasteiger partial charge is 0.132 e. The Bertz CT molecular complexity index is 345. The van der Waals surface area contributed by atoms with Crippen LogP contribution in [0.25, 0.3) is 0 Å². The van der Waals surface area contributed by atoms with Gasteiger partial charge in [0, 0.05) is 11.6 Å². The molecule has 1 N–H and O–H groups in total. The molecule has 0 radical (unpaired) electrons. The average Bonchev–Trinajstić information content (AvgIpc) is 1.99. The third-order valence-corrected chi connectivity index (χ3v) is 2.32. The summed E-state index contributed by atoms with van der Waals surface area (Å²) in [5, 5.41) is 10.1. The summed E-state index contributed by atoms with van der Waals surface area (Å²) in [7, 11) is 0. The third kappa shape index (κ3) is 2.99. The van der Waals surface area contributed by atoms with E-state index in [2.05, 4.69) is 0 Å². The average molecular weight is 214 g/mol. The van der Waals surface area contributed by atoms with Crippen molar-refractivity contribution < 1.29 is 13.9 Å². The maximum Gasteiger partial charge on any atom is 0.132 e. The first-order chi connectivity index (χ1) is 6.83. The molecular weight excluding hydrogens is 198 g/mol. The standard InChI is InChI=1S/C12H16F2O/c1-8(2)7-12(3,15)10-5-4-9(13)6-11(10)14/h4-6,8,15H,7H2,1-3H3. The van der Waals surface area contributed by atoms with Gasteiger partial charge in [-0.15, -0.1) is 0 Å². The molecule has 3 heteroatoms. The number of benzene rings is 1. The Kier molecular flexibility index (Phi) is 3.45. The Labute approximate surface area is 88.7 Å². The number of hydrogen-bond donors (Lipinski definition) is 1. The Morgan fingerprint density at radius 3 is 2.40 bits per heavy atom. The number of hydrogen-bond acceptors (Lipinski definition) is 1. The highest BCUT2D eigenvalue weighted by molar-refractivity contribution is 5.24. The molecule has 0 bridgehead atoms. The summed E-state index contributed by atoms with van der Waals surface area (Å²) in [6.45, 7) is 5.43. The molecule has 0 saturated carbocycles. The SMILES string of the molecule is CC(C)CC(C)(O)c1ccc(F)cc1F. The molecule has 0 aliphatic carbocycles. The molecule has 0 heterocycles. The van der Waals surface area contributed by atoms with Crippen LogP contribution in [0.5, 0.6) is 0 Å². The molecule has 1 aromatic carbocycles. The molecule has 0 amide bonds. The van der Waals surface area contributed by atoms with E-state index in [1.54, 1.807) is 6.92 Å². The van der Waals surface area contributed by atoms with Crippen LogP contribution in [0, 0.1) is 17.6 Å². The van der Waals surface area contributed by atoms with Crippen molar-refractivity contribution in [1.29, 1.82) is 0 Å². The molecule has 0 aliphatic heterocycles. The van der Waals surface area contributed by atoms with Crippen molar-refractivity contribution in [2.24, 2.45) is 5.92 Å². The van der Waals surface area contributed by atoms with E-state index in [0.29, 0.717) is 6.42 Å². The molecule has 1 rings (SSSR count). The van der Waals surface area contributed by atoms with E-state index in [0.717, 1.165) is 12.1 Å². The van der Waals surface area contributed by atoms with Gasteiger partial charge < -0.3 is 5.11 Å². The first kappa shape index (κ1) is 12.1. The molecule has 0 fully saturated rings. The van der Waals surface area contributed by atoms with Gasteiger partial charge in [0.1, 0.15) is 11.6 Å². The summed E-state index contributed by atoms with van der Waals surface area (Å²) in [6, 6.07) is 3.25. The van der Waals surface area contributed by atoms with E-state index in [1.807, 2.05) is 13.8 Å². The van der Waals surface area contributed by atoms with E-state index < -0.39 is 17.2 Å². The predicted octanol–water partition coefficient (Wildman–Crippen LogP) is 3.22. The number of aliphatic hydroxyl groups is 1. The van der Waals surface area contributed by atoms with Gasteiger partial charge in [0.15, 0.2) is 0 Å². The van der Waals surface area contributed by atoms with Gasteiger partial charge in [0.25, 0.3) is 0 Å². The molecule has 15 heavy (non-hydrogen) atoms. The predicted molar refractivity (Wildman–Crippen MR) is 55.4 cm³/mol. The Hall–Kier alpha value is -0.960. The summed E-state index contributed by atoms with van der Waals surface area (Å²) in [5.41, 5.74) is -1.09. The lowest BCUT2D eigenvalue weighted by atomic mass is 9.87. The van der Waals surface area contributed by atoms with Gasteiger partial charge in [0.05, 0.1) is 5.60 Å². The molecule has 1 aromatic rings. The highest BCUT2D eigenvalue weighted by Gasteiger charge is 2.27. The van der Waals surface area contributed by atoms with Gasteiger partial charge in [-0.25, -0.2) is 8.78 Å². The van der Waals surface area contributed by atoms with E-state index in [-0.39, 0.29) is 11.5 Å². The minimum absolute atomic E-state index is 0.151. The fraction of sp³-hybridized carbons (Fsp3) is 0.500. The van der Waals surface area contributed by atoms with Gasteiger partial charge in [-0.2, -0.15) is 0 Å². The van der Waals surface area contributed by atoms with Gasteiger partial charge in [-0.3, -0.25) is 0 Å². The fourth-order valence-corrected chi connectivity index (χ4v) is 1.83. The highest BCUT2D eigenvalue weighted by Crippen LogP contribution is 2.30. The lowest BCUT2D eigenvalue weighted by Gasteiger charge is -2.26. The minimum atomic E-state index is -1.24. The van der Waals surface area contributed by atoms with E-state index in [1.165, 1.54) is 6.07 Å². The van der Waals surface area contributed by atoms with E-state index in [4.69, 9.17) is 0 Å². The molecule has 0 saturated heterocycles. The topological polar surface area (TPSA) is 20.2 Å². The van der Waals surface area contributed by atoms with Crippen molar-refractivity contribution in [1.82, 2.24) is 0 Å². The van der Waals surface area contributed by atoms with Gasteiger partial charge in [-0.1, -0.05) is 19.9 Å². The molecule has 1 nitrogen and oxygen atoms in total. The third-order valence-electron chi connectivity index (χ3n) is 2.32. The first-order valence-electron chi connectivity index (χ1n) is 5.01. The molecule has 1 atom stereocenters. The van der Waals surface area contributed by atoms with Crippen molar-refractivity contribution in [2.45, 2.75) is 32.8 Å². The zero-order chi connectivity index (χ0) is 11.6. The lowest BCUT2D eigenvalue weighted by Crippen LogP contribution is -2.24. The van der Waals surface area contributed by atoms with Crippen molar-refractivity contribution in [3.63, 3.8) is 0 Å². The van der Waals surface area contributed by atoms with Crippen molar-refractivity contribution >= 4 is 0 Å². The number of halogens is 2. The van der Waals surface area contributed by atoms with Crippen LogP contribution in [0.15, 0.2) is 18.2 Å². The highest BCUT2D eigenvalue weighted by atomic mass is 19.1. The summed E-state index contributed by atoms with van der Waals surface area (Å²) in [4.78, 5) is 0. The zero-order valence-electron chi connectivity index (χ0n) is 9.22. The van der Waals surface area contributed by atoms with E-state index >= 15 is 0 Å². The largest absolute Gasteiger partial charge is 0.385 e. The second-order valence-corrected chi connectivity index (χ2v) is 4.50. The van der Waals surface area contributed by atoms with Crippen molar-refractivity contribution in [3.8, 4) is 0 Å². The quantitative estimate of drug-likeness (QED) is 0.819. The molecule has 0 aliphatic rings.